The van der Waals surface area contributed by atoms with E-state index < -0.39 is 36.2 Å². The first kappa shape index (κ1) is 15.3. The molecule has 21 heavy (non-hydrogen) atoms. The zero-order chi connectivity index (χ0) is 15.4. The van der Waals surface area contributed by atoms with Crippen LogP contribution in [0.15, 0.2) is 0 Å². The van der Waals surface area contributed by atoms with Gasteiger partial charge in [0.1, 0.15) is 12.2 Å². The topological polar surface area (TPSA) is 97.1 Å². The molecule has 0 spiro atoms. The van der Waals surface area contributed by atoms with Gasteiger partial charge in [-0.2, -0.15) is 0 Å². The highest BCUT2D eigenvalue weighted by Gasteiger charge is 2.27. The van der Waals surface area contributed by atoms with Gasteiger partial charge in [0.15, 0.2) is 5.69 Å². The third kappa shape index (κ3) is 3.73. The minimum absolute atomic E-state index is 0.0451. The Morgan fingerprint density at radius 3 is 2.57 bits per heavy atom. The largest absolute Gasteiger partial charge is 0.476 e. The molecule has 116 valence electrons. The number of nitrogens with one attached hydrogen (secondary N) is 1. The van der Waals surface area contributed by atoms with E-state index in [-0.39, 0.29) is 6.04 Å². The summed E-state index contributed by atoms with van der Waals surface area (Å²) in [7, 11) is 0. The number of aromatic nitrogens is 3. The van der Waals surface area contributed by atoms with Crippen LogP contribution in [-0.4, -0.2) is 38.0 Å². The van der Waals surface area contributed by atoms with Gasteiger partial charge in [-0.25, -0.2) is 18.3 Å². The first-order valence-corrected chi connectivity index (χ1v) is 6.73. The fourth-order valence-electron chi connectivity index (χ4n) is 2.46. The number of carboxylic acid groups (broad SMARTS) is 1. The van der Waals surface area contributed by atoms with E-state index in [1.807, 2.05) is 0 Å². The van der Waals surface area contributed by atoms with Crippen molar-refractivity contribution in [2.24, 2.45) is 0 Å². The average molecular weight is 302 g/mol. The molecule has 0 bridgehead atoms. The van der Waals surface area contributed by atoms with E-state index in [1.165, 1.54) is 0 Å². The number of nitrogens with zero attached hydrogens (tertiary/aromatic N) is 3. The fourth-order valence-corrected chi connectivity index (χ4v) is 2.46. The average Bonchev–Trinajstić information content (AvgIpc) is 2.83. The van der Waals surface area contributed by atoms with Crippen LogP contribution in [0.25, 0.3) is 0 Å². The van der Waals surface area contributed by atoms with Crippen LogP contribution in [0, 0.1) is 0 Å². The number of carboxylic acids is 1. The van der Waals surface area contributed by atoms with Gasteiger partial charge in [0.25, 0.3) is 6.43 Å². The van der Waals surface area contributed by atoms with Crippen LogP contribution >= 0.6 is 0 Å². The van der Waals surface area contributed by atoms with Crippen molar-refractivity contribution in [3.63, 3.8) is 0 Å². The first-order valence-electron chi connectivity index (χ1n) is 6.73. The molecule has 0 unspecified atom stereocenters. The highest BCUT2D eigenvalue weighted by Crippen LogP contribution is 2.21. The molecular weight excluding hydrogens is 286 g/mol. The summed E-state index contributed by atoms with van der Waals surface area (Å²) in [4.78, 5) is 22.6. The number of hydrogen-bond donors (Lipinski definition) is 2. The molecule has 0 aromatic carbocycles. The molecule has 1 aromatic rings. The van der Waals surface area contributed by atoms with Gasteiger partial charge in [-0.1, -0.05) is 24.5 Å². The standard InChI is InChI=1S/C12H16F2N4O3/c13-11(14)10-9(12(20)21)16-17-18(10)6-8(19)15-7-4-2-1-3-5-7/h7,11H,1-6H2,(H,15,19)(H,20,21). The molecule has 0 saturated heterocycles. The summed E-state index contributed by atoms with van der Waals surface area (Å²) >= 11 is 0. The van der Waals surface area contributed by atoms with Gasteiger partial charge in [-0.05, 0) is 12.8 Å². The second kappa shape index (κ2) is 6.59. The van der Waals surface area contributed by atoms with Crippen molar-refractivity contribution in [2.75, 3.05) is 0 Å². The molecule has 7 nitrogen and oxygen atoms in total. The van der Waals surface area contributed by atoms with Gasteiger partial charge in [0.2, 0.25) is 5.91 Å². The lowest BCUT2D eigenvalue weighted by Crippen LogP contribution is -2.38. The van der Waals surface area contributed by atoms with Crippen molar-refractivity contribution in [1.29, 1.82) is 0 Å². The van der Waals surface area contributed by atoms with Crippen molar-refractivity contribution in [3.8, 4) is 0 Å². The molecule has 1 amide bonds. The quantitative estimate of drug-likeness (QED) is 0.856. The maximum absolute atomic E-state index is 12.9. The Bertz CT molecular complexity index is 527. The van der Waals surface area contributed by atoms with Crippen molar-refractivity contribution in [2.45, 2.75) is 51.1 Å². The van der Waals surface area contributed by atoms with Gasteiger partial charge in [0, 0.05) is 6.04 Å². The normalized spacial score (nSPS) is 16.1. The number of carbonyl (C=O) groups excluding carboxylic acids is 1. The lowest BCUT2D eigenvalue weighted by molar-refractivity contribution is -0.122. The number of aromatic carboxylic acids is 1. The lowest BCUT2D eigenvalue weighted by atomic mass is 9.95. The van der Waals surface area contributed by atoms with Gasteiger partial charge >= 0.3 is 5.97 Å². The summed E-state index contributed by atoms with van der Waals surface area (Å²) in [5.74, 6) is -2.06. The highest BCUT2D eigenvalue weighted by atomic mass is 19.3. The molecule has 0 aliphatic heterocycles. The number of rotatable bonds is 5. The molecule has 2 rings (SSSR count). The molecule has 0 atom stereocenters. The number of hydrogen-bond acceptors (Lipinski definition) is 4. The molecule has 0 radical (unpaired) electrons. The monoisotopic (exact) mass is 302 g/mol. The van der Waals surface area contributed by atoms with E-state index in [0.29, 0.717) is 4.68 Å². The summed E-state index contributed by atoms with van der Waals surface area (Å²) in [6.45, 7) is -0.462. The summed E-state index contributed by atoms with van der Waals surface area (Å²) in [5, 5.41) is 18.1. The van der Waals surface area contributed by atoms with Gasteiger partial charge in [0.05, 0.1) is 0 Å². The Hall–Kier alpha value is -2.06. The highest BCUT2D eigenvalue weighted by molar-refractivity contribution is 5.86. The maximum atomic E-state index is 12.9. The second-order valence-electron chi connectivity index (χ2n) is 4.99. The number of alkyl halides is 2. The van der Waals surface area contributed by atoms with Crippen LogP contribution < -0.4 is 5.32 Å². The molecule has 9 heteroatoms. The van der Waals surface area contributed by atoms with Gasteiger partial charge in [-0.3, -0.25) is 4.79 Å². The lowest BCUT2D eigenvalue weighted by Gasteiger charge is -2.22. The van der Waals surface area contributed by atoms with Crippen molar-refractivity contribution in [1.82, 2.24) is 20.3 Å². The van der Waals surface area contributed by atoms with Crippen LogP contribution in [0.1, 0.15) is 54.7 Å². The molecule has 1 aliphatic rings. The Morgan fingerprint density at radius 1 is 1.33 bits per heavy atom. The zero-order valence-electron chi connectivity index (χ0n) is 11.3. The predicted molar refractivity (Wildman–Crippen MR) is 67.0 cm³/mol. The summed E-state index contributed by atoms with van der Waals surface area (Å²) in [6.07, 6.45) is 1.86. The van der Waals surface area contributed by atoms with Crippen molar-refractivity contribution in [3.05, 3.63) is 11.4 Å². The molecule has 1 aromatic heterocycles. The van der Waals surface area contributed by atoms with Gasteiger partial charge in [-0.15, -0.1) is 5.10 Å². The Kier molecular flexibility index (Phi) is 4.81. The SMILES string of the molecule is O=C(Cn1nnc(C(=O)O)c1C(F)F)NC1CCCCC1. The van der Waals surface area contributed by atoms with Crippen LogP contribution in [0.2, 0.25) is 0 Å². The Labute approximate surface area is 119 Å². The van der Waals surface area contributed by atoms with E-state index >= 15 is 0 Å². The predicted octanol–water partition coefficient (Wildman–Crippen LogP) is 1.36. The van der Waals surface area contributed by atoms with Gasteiger partial charge < -0.3 is 10.4 Å². The molecule has 1 saturated carbocycles. The summed E-state index contributed by atoms with van der Waals surface area (Å²) < 4.78 is 26.4. The van der Waals surface area contributed by atoms with Crippen molar-refractivity contribution >= 4 is 11.9 Å². The van der Waals surface area contributed by atoms with Crippen LogP contribution in [0.4, 0.5) is 8.78 Å². The Morgan fingerprint density at radius 2 is 2.00 bits per heavy atom. The molecule has 1 aliphatic carbocycles. The number of amides is 1. The van der Waals surface area contributed by atoms with E-state index in [1.54, 1.807) is 0 Å². The third-order valence-corrected chi connectivity index (χ3v) is 3.45. The first-order chi connectivity index (χ1) is 9.99. The minimum atomic E-state index is -3.06. The van der Waals surface area contributed by atoms with Crippen molar-refractivity contribution < 1.29 is 23.5 Å². The molecule has 1 heterocycles. The minimum Gasteiger partial charge on any atom is -0.476 e. The van der Waals surface area contributed by atoms with E-state index in [0.717, 1.165) is 32.1 Å². The third-order valence-electron chi connectivity index (χ3n) is 3.45. The summed E-state index contributed by atoms with van der Waals surface area (Å²) in [5.41, 5.74) is -1.67. The number of carbonyl (C=O) groups is 2. The van der Waals surface area contributed by atoms with E-state index in [9.17, 15) is 18.4 Å². The maximum Gasteiger partial charge on any atom is 0.358 e. The molecular formula is C12H16F2N4O3. The van der Waals surface area contributed by atoms with Crippen LogP contribution in [0.3, 0.4) is 0 Å². The molecule has 1 fully saturated rings. The fraction of sp³-hybridized carbons (Fsp3) is 0.667. The van der Waals surface area contributed by atoms with Crippen LogP contribution in [-0.2, 0) is 11.3 Å². The Balaban J connectivity index is 2.04. The van der Waals surface area contributed by atoms with E-state index in [4.69, 9.17) is 5.11 Å². The summed E-state index contributed by atoms with van der Waals surface area (Å²) in [6, 6.07) is 0.0451. The van der Waals surface area contributed by atoms with Crippen LogP contribution in [0.5, 0.6) is 0 Å². The van der Waals surface area contributed by atoms with E-state index in [2.05, 4.69) is 15.6 Å². The second-order valence-corrected chi connectivity index (χ2v) is 4.99. The smallest absolute Gasteiger partial charge is 0.358 e. The molecule has 2 N–H and O–H groups in total. The number of halogens is 2. The zero-order valence-corrected chi connectivity index (χ0v) is 11.3.